The summed E-state index contributed by atoms with van der Waals surface area (Å²) >= 11 is 0. The zero-order valence-corrected chi connectivity index (χ0v) is 30.8. The van der Waals surface area contributed by atoms with Gasteiger partial charge in [-0.3, -0.25) is 0 Å². The van der Waals surface area contributed by atoms with E-state index >= 15 is 0 Å². The topological polar surface area (TPSA) is 8.17 Å². The molecular weight excluding hydrogens is 677 g/mol. The van der Waals surface area contributed by atoms with E-state index in [4.69, 9.17) is 0 Å². The summed E-state index contributed by atoms with van der Waals surface area (Å²) in [6.45, 7) is 0. The zero-order chi connectivity index (χ0) is 37.3. The molecule has 2 nitrogen and oxygen atoms in total. The molecule has 0 amide bonds. The van der Waals surface area contributed by atoms with Gasteiger partial charge in [0.15, 0.2) is 0 Å². The first kappa shape index (κ1) is 33.2. The van der Waals surface area contributed by atoms with Crippen molar-refractivity contribution in [3.63, 3.8) is 0 Å². The van der Waals surface area contributed by atoms with Gasteiger partial charge in [-0.05, 0) is 81.4 Å². The van der Waals surface area contributed by atoms with Crippen LogP contribution in [0.5, 0.6) is 0 Å². The fraction of sp³-hybridized carbons (Fsp3) is 0. The van der Waals surface area contributed by atoms with Crippen LogP contribution in [0.1, 0.15) is 0 Å². The number of rotatable bonds is 8. The van der Waals surface area contributed by atoms with Gasteiger partial charge in [0.25, 0.3) is 0 Å². The summed E-state index contributed by atoms with van der Waals surface area (Å²) in [6.07, 6.45) is 0. The van der Waals surface area contributed by atoms with Gasteiger partial charge in [-0.25, -0.2) is 0 Å². The first-order valence-corrected chi connectivity index (χ1v) is 19.2. The molecule has 10 rings (SSSR count). The summed E-state index contributed by atoms with van der Waals surface area (Å²) in [6, 6.07) is 83.1. The third-order valence-electron chi connectivity index (χ3n) is 10.8. The van der Waals surface area contributed by atoms with Crippen LogP contribution < -0.4 is 4.90 Å². The molecule has 0 atom stereocenters. The fourth-order valence-electron chi connectivity index (χ4n) is 8.32. The zero-order valence-electron chi connectivity index (χ0n) is 30.8. The minimum atomic E-state index is 1.08. The SMILES string of the molecule is c1ccc(-c2cccc(N(c3ccccc3-c3ccccc3-c3ccccc3-c3ccccc3)c3ccccc3-n3c4ccccc4c4ccccc43)c2)cc1. The lowest BCUT2D eigenvalue weighted by Gasteiger charge is -2.31. The third-order valence-corrected chi connectivity index (χ3v) is 10.8. The molecule has 1 heterocycles. The van der Waals surface area contributed by atoms with Crippen LogP contribution in [0.3, 0.4) is 0 Å². The maximum Gasteiger partial charge on any atom is 0.0702 e. The van der Waals surface area contributed by atoms with Crippen LogP contribution in [0.2, 0.25) is 0 Å². The van der Waals surface area contributed by atoms with E-state index in [0.717, 1.165) is 33.9 Å². The van der Waals surface area contributed by atoms with E-state index in [1.54, 1.807) is 0 Å². The number of para-hydroxylation sites is 5. The molecule has 264 valence electrons. The van der Waals surface area contributed by atoms with Gasteiger partial charge in [-0.1, -0.05) is 188 Å². The lowest BCUT2D eigenvalue weighted by atomic mass is 9.88. The first-order valence-electron chi connectivity index (χ1n) is 19.2. The average molecular weight is 715 g/mol. The fourth-order valence-corrected chi connectivity index (χ4v) is 8.32. The largest absolute Gasteiger partial charge is 0.308 e. The van der Waals surface area contributed by atoms with Crippen molar-refractivity contribution in [2.45, 2.75) is 0 Å². The molecule has 0 fully saturated rings. The minimum absolute atomic E-state index is 1.08. The van der Waals surface area contributed by atoms with Crippen molar-refractivity contribution in [3.8, 4) is 50.2 Å². The number of hydrogen-bond acceptors (Lipinski definition) is 1. The predicted molar refractivity (Wildman–Crippen MR) is 237 cm³/mol. The van der Waals surface area contributed by atoms with Crippen molar-refractivity contribution in [2.75, 3.05) is 4.90 Å². The standard InChI is InChI=1S/C54H38N2/c1-3-20-39(21-4-1)41-24-19-25-42(38-41)55(53-36-17-18-37-54(53)56-51-34-15-12-31-48(51)49-32-13-16-35-52(49)56)50-33-14-11-30-47(50)46-29-10-9-28-45(46)44-27-8-7-26-43(44)40-22-5-2-6-23-40/h1-38H. The van der Waals surface area contributed by atoms with Crippen molar-refractivity contribution < 1.29 is 0 Å². The van der Waals surface area contributed by atoms with Gasteiger partial charge in [-0.15, -0.1) is 0 Å². The Morgan fingerprint density at radius 1 is 0.286 bits per heavy atom. The van der Waals surface area contributed by atoms with E-state index in [1.807, 2.05) is 0 Å². The molecule has 56 heavy (non-hydrogen) atoms. The van der Waals surface area contributed by atoms with E-state index in [1.165, 1.54) is 55.2 Å². The summed E-state index contributed by atoms with van der Waals surface area (Å²) in [7, 11) is 0. The van der Waals surface area contributed by atoms with Crippen molar-refractivity contribution >= 4 is 38.9 Å². The molecule has 0 spiro atoms. The molecule has 2 heteroatoms. The van der Waals surface area contributed by atoms with Crippen molar-refractivity contribution in [1.82, 2.24) is 4.57 Å². The molecule has 0 aliphatic rings. The molecule has 0 radical (unpaired) electrons. The Bertz CT molecular complexity index is 2920. The highest BCUT2D eigenvalue weighted by atomic mass is 15.2. The summed E-state index contributed by atoms with van der Waals surface area (Å²) < 4.78 is 2.43. The quantitative estimate of drug-likeness (QED) is 0.152. The smallest absolute Gasteiger partial charge is 0.0702 e. The second kappa shape index (κ2) is 14.4. The van der Waals surface area contributed by atoms with E-state index in [0.29, 0.717) is 0 Å². The lowest BCUT2D eigenvalue weighted by molar-refractivity contribution is 1.15. The number of nitrogens with zero attached hydrogens (tertiary/aromatic N) is 2. The van der Waals surface area contributed by atoms with Gasteiger partial charge in [0.05, 0.1) is 28.1 Å². The van der Waals surface area contributed by atoms with Gasteiger partial charge in [0.1, 0.15) is 0 Å². The summed E-state index contributed by atoms with van der Waals surface area (Å²) in [4.78, 5) is 2.46. The summed E-state index contributed by atoms with van der Waals surface area (Å²) in [5.74, 6) is 0. The second-order valence-electron chi connectivity index (χ2n) is 14.1. The molecule has 0 saturated carbocycles. The molecule has 1 aromatic heterocycles. The van der Waals surface area contributed by atoms with Gasteiger partial charge >= 0.3 is 0 Å². The molecular formula is C54H38N2. The average Bonchev–Trinajstić information content (AvgIpc) is 3.62. The first-order chi connectivity index (χ1) is 27.8. The van der Waals surface area contributed by atoms with Crippen LogP contribution in [0, 0.1) is 0 Å². The number of fused-ring (bicyclic) bond motifs is 3. The van der Waals surface area contributed by atoms with Crippen LogP contribution >= 0.6 is 0 Å². The van der Waals surface area contributed by atoms with Crippen molar-refractivity contribution in [3.05, 3.63) is 231 Å². The normalized spacial score (nSPS) is 11.2. The Kier molecular flexibility index (Phi) is 8.55. The lowest BCUT2D eigenvalue weighted by Crippen LogP contribution is -2.14. The third kappa shape index (κ3) is 5.85. The molecule has 10 aromatic rings. The Morgan fingerprint density at radius 3 is 1.39 bits per heavy atom. The van der Waals surface area contributed by atoms with Crippen molar-refractivity contribution in [2.24, 2.45) is 0 Å². The number of benzene rings is 9. The maximum atomic E-state index is 2.46. The maximum absolute atomic E-state index is 2.46. The Balaban J connectivity index is 1.24. The number of aromatic nitrogens is 1. The number of anilines is 3. The van der Waals surface area contributed by atoms with Gasteiger partial charge < -0.3 is 9.47 Å². The molecule has 0 bridgehead atoms. The Morgan fingerprint density at radius 2 is 0.732 bits per heavy atom. The molecule has 9 aromatic carbocycles. The van der Waals surface area contributed by atoms with E-state index in [2.05, 4.69) is 240 Å². The van der Waals surface area contributed by atoms with Gasteiger partial charge in [-0.2, -0.15) is 0 Å². The van der Waals surface area contributed by atoms with E-state index in [-0.39, 0.29) is 0 Å². The summed E-state index contributed by atoms with van der Waals surface area (Å²) in [5.41, 5.74) is 16.2. The highest BCUT2D eigenvalue weighted by Crippen LogP contribution is 2.47. The number of hydrogen-bond donors (Lipinski definition) is 0. The predicted octanol–water partition coefficient (Wildman–Crippen LogP) is 14.9. The molecule has 0 saturated heterocycles. The molecule has 0 aliphatic carbocycles. The highest BCUT2D eigenvalue weighted by molar-refractivity contribution is 6.10. The van der Waals surface area contributed by atoms with Crippen LogP contribution in [-0.4, -0.2) is 4.57 Å². The Hall–Kier alpha value is -7.42. The molecule has 0 unspecified atom stereocenters. The van der Waals surface area contributed by atoms with E-state index in [9.17, 15) is 0 Å². The van der Waals surface area contributed by atoms with Crippen LogP contribution in [0.25, 0.3) is 72.0 Å². The molecule has 0 N–H and O–H groups in total. The monoisotopic (exact) mass is 714 g/mol. The minimum Gasteiger partial charge on any atom is -0.308 e. The van der Waals surface area contributed by atoms with E-state index < -0.39 is 0 Å². The summed E-state index contributed by atoms with van der Waals surface area (Å²) in [5, 5.41) is 2.48. The van der Waals surface area contributed by atoms with Crippen LogP contribution in [0.4, 0.5) is 17.1 Å². The highest BCUT2D eigenvalue weighted by Gasteiger charge is 2.24. The van der Waals surface area contributed by atoms with Gasteiger partial charge in [0, 0.05) is 22.0 Å². The van der Waals surface area contributed by atoms with Crippen molar-refractivity contribution in [1.29, 1.82) is 0 Å². The van der Waals surface area contributed by atoms with Crippen LogP contribution in [-0.2, 0) is 0 Å². The second-order valence-corrected chi connectivity index (χ2v) is 14.1. The van der Waals surface area contributed by atoms with Gasteiger partial charge in [0.2, 0.25) is 0 Å². The Labute approximate surface area is 327 Å². The van der Waals surface area contributed by atoms with Crippen LogP contribution in [0.15, 0.2) is 231 Å². The molecule has 0 aliphatic heterocycles.